The van der Waals surface area contributed by atoms with Crippen LogP contribution in [0, 0.1) is 0 Å². The van der Waals surface area contributed by atoms with Crippen LogP contribution in [0.3, 0.4) is 0 Å². The van der Waals surface area contributed by atoms with Gasteiger partial charge in [-0.25, -0.2) is 4.79 Å². The van der Waals surface area contributed by atoms with E-state index in [1.54, 1.807) is 35.1 Å². The molecule has 2 aliphatic rings. The fraction of sp³-hybridized carbons (Fsp3) is 0.529. The number of nitrogens with zero attached hydrogens (tertiary/aromatic N) is 2. The monoisotopic (exact) mass is 349 g/mol. The molecule has 2 amide bonds. The summed E-state index contributed by atoms with van der Waals surface area (Å²) < 4.78 is 16.2. The summed E-state index contributed by atoms with van der Waals surface area (Å²) in [5.74, 6) is 0.811. The standard InChI is InChI=1S/C17H23N3O5/c1-23-14-5-2-4-13(15(14)24-9-3-6-18)16(21)19-7-8-20-12(10-19)11-25-17(20)22/h2,4-5,12H,3,6-11,18H2,1H3. The summed E-state index contributed by atoms with van der Waals surface area (Å²) in [6, 6.07) is 5.17. The van der Waals surface area contributed by atoms with Crippen molar-refractivity contribution in [1.29, 1.82) is 0 Å². The maximum atomic E-state index is 13.0. The molecule has 3 rings (SSSR count). The fourth-order valence-corrected chi connectivity index (χ4v) is 3.09. The topological polar surface area (TPSA) is 94.3 Å². The molecule has 8 heteroatoms. The van der Waals surface area contributed by atoms with E-state index in [-0.39, 0.29) is 18.0 Å². The van der Waals surface area contributed by atoms with Gasteiger partial charge in [0.15, 0.2) is 11.5 Å². The largest absolute Gasteiger partial charge is 0.493 e. The van der Waals surface area contributed by atoms with Gasteiger partial charge in [0, 0.05) is 19.6 Å². The normalized spacial score (nSPS) is 19.4. The van der Waals surface area contributed by atoms with Crippen molar-refractivity contribution in [2.24, 2.45) is 5.73 Å². The summed E-state index contributed by atoms with van der Waals surface area (Å²) in [5, 5.41) is 0. The second-order valence-electron chi connectivity index (χ2n) is 6.00. The van der Waals surface area contributed by atoms with E-state index < -0.39 is 0 Å². The molecule has 8 nitrogen and oxygen atoms in total. The highest BCUT2D eigenvalue weighted by Crippen LogP contribution is 2.32. The third kappa shape index (κ3) is 3.48. The van der Waals surface area contributed by atoms with E-state index >= 15 is 0 Å². The smallest absolute Gasteiger partial charge is 0.410 e. The molecule has 2 aliphatic heterocycles. The van der Waals surface area contributed by atoms with Crippen molar-refractivity contribution >= 4 is 12.0 Å². The molecule has 0 spiro atoms. The van der Waals surface area contributed by atoms with Gasteiger partial charge in [-0.05, 0) is 25.1 Å². The summed E-state index contributed by atoms with van der Waals surface area (Å²) in [6.07, 6.45) is 0.385. The Morgan fingerprint density at radius 1 is 1.40 bits per heavy atom. The third-order valence-electron chi connectivity index (χ3n) is 4.43. The lowest BCUT2D eigenvalue weighted by molar-refractivity contribution is 0.0612. The Bertz CT molecular complexity index is 651. The van der Waals surface area contributed by atoms with Gasteiger partial charge >= 0.3 is 6.09 Å². The quantitative estimate of drug-likeness (QED) is 0.760. The Balaban J connectivity index is 1.78. The number of methoxy groups -OCH3 is 1. The summed E-state index contributed by atoms with van der Waals surface area (Å²) in [6.45, 7) is 2.63. The van der Waals surface area contributed by atoms with Crippen LogP contribution in [0.15, 0.2) is 18.2 Å². The van der Waals surface area contributed by atoms with Gasteiger partial charge < -0.3 is 24.8 Å². The van der Waals surface area contributed by atoms with Crippen LogP contribution in [0.5, 0.6) is 11.5 Å². The molecule has 1 aromatic carbocycles. The maximum absolute atomic E-state index is 13.0. The number of cyclic esters (lactones) is 1. The van der Waals surface area contributed by atoms with Crippen LogP contribution in [0.2, 0.25) is 0 Å². The van der Waals surface area contributed by atoms with Crippen LogP contribution < -0.4 is 15.2 Å². The maximum Gasteiger partial charge on any atom is 0.410 e. The highest BCUT2D eigenvalue weighted by Gasteiger charge is 2.39. The molecule has 2 fully saturated rings. The number of piperazine rings is 1. The van der Waals surface area contributed by atoms with E-state index in [1.165, 1.54) is 0 Å². The molecule has 25 heavy (non-hydrogen) atoms. The molecule has 2 heterocycles. The highest BCUT2D eigenvalue weighted by molar-refractivity contribution is 5.98. The number of amides is 2. The molecule has 0 saturated carbocycles. The molecular weight excluding hydrogens is 326 g/mol. The lowest BCUT2D eigenvalue weighted by Crippen LogP contribution is -2.53. The summed E-state index contributed by atoms with van der Waals surface area (Å²) in [5.41, 5.74) is 5.96. The van der Waals surface area contributed by atoms with E-state index in [0.29, 0.717) is 62.9 Å². The highest BCUT2D eigenvalue weighted by atomic mass is 16.6. The van der Waals surface area contributed by atoms with Gasteiger partial charge in [-0.1, -0.05) is 6.07 Å². The number of hydrogen-bond donors (Lipinski definition) is 1. The molecule has 0 radical (unpaired) electrons. The van der Waals surface area contributed by atoms with E-state index in [9.17, 15) is 9.59 Å². The molecule has 1 unspecified atom stereocenters. The lowest BCUT2D eigenvalue weighted by Gasteiger charge is -2.35. The van der Waals surface area contributed by atoms with E-state index in [4.69, 9.17) is 19.9 Å². The number of ether oxygens (including phenoxy) is 3. The van der Waals surface area contributed by atoms with Crippen LogP contribution >= 0.6 is 0 Å². The van der Waals surface area contributed by atoms with E-state index in [1.807, 2.05) is 0 Å². The molecule has 1 atom stereocenters. The zero-order chi connectivity index (χ0) is 17.8. The van der Waals surface area contributed by atoms with Crippen LogP contribution in [0.1, 0.15) is 16.8 Å². The second kappa shape index (κ2) is 7.60. The molecule has 2 N–H and O–H groups in total. The minimum absolute atomic E-state index is 0.0857. The van der Waals surface area contributed by atoms with Crippen LogP contribution in [-0.4, -0.2) is 74.3 Å². The first-order chi connectivity index (χ1) is 12.2. The van der Waals surface area contributed by atoms with E-state index in [2.05, 4.69) is 0 Å². The van der Waals surface area contributed by atoms with Gasteiger partial charge in [0.1, 0.15) is 6.61 Å². The first-order valence-electron chi connectivity index (χ1n) is 8.38. The van der Waals surface area contributed by atoms with Gasteiger partial charge in [0.25, 0.3) is 5.91 Å². The molecular formula is C17H23N3O5. The third-order valence-corrected chi connectivity index (χ3v) is 4.43. The SMILES string of the molecule is COc1cccc(C(=O)N2CCN3C(=O)OCC3C2)c1OCCCN. The van der Waals surface area contributed by atoms with Crippen molar-refractivity contribution in [2.75, 3.05) is 46.5 Å². The minimum atomic E-state index is -0.302. The predicted octanol–water partition coefficient (Wildman–Crippen LogP) is 0.699. The van der Waals surface area contributed by atoms with Crippen molar-refractivity contribution in [2.45, 2.75) is 12.5 Å². The number of carbonyl (C=O) groups excluding carboxylic acids is 2. The summed E-state index contributed by atoms with van der Waals surface area (Å²) >= 11 is 0. The summed E-state index contributed by atoms with van der Waals surface area (Å²) in [4.78, 5) is 28.0. The first-order valence-corrected chi connectivity index (χ1v) is 8.38. The molecule has 0 aromatic heterocycles. The number of fused-ring (bicyclic) bond motifs is 1. The van der Waals surface area contributed by atoms with Crippen LogP contribution in [0.4, 0.5) is 4.79 Å². The average molecular weight is 349 g/mol. The first kappa shape index (κ1) is 17.3. The second-order valence-corrected chi connectivity index (χ2v) is 6.00. The Morgan fingerprint density at radius 2 is 2.24 bits per heavy atom. The van der Waals surface area contributed by atoms with Gasteiger partial charge in [-0.15, -0.1) is 0 Å². The van der Waals surface area contributed by atoms with Crippen molar-refractivity contribution in [3.05, 3.63) is 23.8 Å². The number of para-hydroxylation sites is 1. The van der Waals surface area contributed by atoms with Crippen molar-refractivity contribution < 1.29 is 23.8 Å². The minimum Gasteiger partial charge on any atom is -0.493 e. The molecule has 0 bridgehead atoms. The molecule has 136 valence electrons. The number of carbonyl (C=O) groups is 2. The van der Waals surface area contributed by atoms with Crippen molar-refractivity contribution in [3.63, 3.8) is 0 Å². The fourth-order valence-electron chi connectivity index (χ4n) is 3.09. The van der Waals surface area contributed by atoms with Crippen LogP contribution in [0.25, 0.3) is 0 Å². The Labute approximate surface area is 146 Å². The van der Waals surface area contributed by atoms with Gasteiger partial charge in [-0.2, -0.15) is 0 Å². The van der Waals surface area contributed by atoms with Gasteiger partial charge in [0.05, 0.1) is 25.3 Å². The number of hydrogen-bond acceptors (Lipinski definition) is 6. The van der Waals surface area contributed by atoms with Gasteiger partial charge in [-0.3, -0.25) is 9.69 Å². The van der Waals surface area contributed by atoms with Crippen molar-refractivity contribution in [3.8, 4) is 11.5 Å². The Morgan fingerprint density at radius 3 is 3.00 bits per heavy atom. The van der Waals surface area contributed by atoms with Crippen molar-refractivity contribution in [1.82, 2.24) is 9.80 Å². The molecule has 1 aromatic rings. The zero-order valence-corrected chi connectivity index (χ0v) is 14.3. The lowest BCUT2D eigenvalue weighted by atomic mass is 10.1. The van der Waals surface area contributed by atoms with E-state index in [0.717, 1.165) is 0 Å². The average Bonchev–Trinajstić information content (AvgIpc) is 3.01. The molecule has 2 saturated heterocycles. The molecule has 0 aliphatic carbocycles. The number of benzene rings is 1. The number of nitrogens with two attached hydrogens (primary N) is 1. The van der Waals surface area contributed by atoms with Gasteiger partial charge in [0.2, 0.25) is 0 Å². The van der Waals surface area contributed by atoms with Crippen LogP contribution in [-0.2, 0) is 4.74 Å². The zero-order valence-electron chi connectivity index (χ0n) is 14.3. The number of rotatable bonds is 6. The Hall–Kier alpha value is -2.48. The predicted molar refractivity (Wildman–Crippen MR) is 89.9 cm³/mol. The Kier molecular flexibility index (Phi) is 5.28. The summed E-state index contributed by atoms with van der Waals surface area (Å²) in [7, 11) is 1.54.